The minimum absolute atomic E-state index is 0.129. The van der Waals surface area contributed by atoms with Crippen LogP contribution in [0, 0.1) is 11.3 Å². The van der Waals surface area contributed by atoms with E-state index >= 15 is 0 Å². The molecule has 0 aliphatic rings. The largest absolute Gasteiger partial charge is 0.493 e. The van der Waals surface area contributed by atoms with Gasteiger partial charge in [0.2, 0.25) is 0 Å². The lowest BCUT2D eigenvalue weighted by Gasteiger charge is -2.10. The first-order valence-electron chi connectivity index (χ1n) is 6.16. The van der Waals surface area contributed by atoms with Gasteiger partial charge in [-0.25, -0.2) is 0 Å². The van der Waals surface area contributed by atoms with Crippen LogP contribution in [-0.4, -0.2) is 19.1 Å². The van der Waals surface area contributed by atoms with Gasteiger partial charge < -0.3 is 10.1 Å². The van der Waals surface area contributed by atoms with Gasteiger partial charge in [0.1, 0.15) is 5.75 Å². The maximum atomic E-state index is 11.9. The van der Waals surface area contributed by atoms with Gasteiger partial charge in [0.15, 0.2) is 0 Å². The number of carbonyl (C=O) groups excluding carboxylic acids is 1. The summed E-state index contributed by atoms with van der Waals surface area (Å²) < 4.78 is 5.40. The molecule has 96 valence electrons. The molecule has 0 radical (unpaired) electrons. The van der Waals surface area contributed by atoms with Crippen LogP contribution in [-0.2, 0) is 0 Å². The molecular weight excluding hydrogens is 228 g/mol. The second-order valence-electron chi connectivity index (χ2n) is 3.80. The molecule has 0 aliphatic carbocycles. The SMILES string of the molecule is CCOc1ccccc1C(=O)NCCCCC#N. The third kappa shape index (κ3) is 4.46. The molecule has 0 spiro atoms. The molecule has 0 aromatic heterocycles. The van der Waals surface area contributed by atoms with Crippen molar-refractivity contribution in [2.24, 2.45) is 0 Å². The fourth-order valence-electron chi connectivity index (χ4n) is 1.56. The number of benzene rings is 1. The van der Waals surface area contributed by atoms with E-state index < -0.39 is 0 Å². The molecule has 0 bridgehead atoms. The van der Waals surface area contributed by atoms with Gasteiger partial charge in [-0.15, -0.1) is 0 Å². The molecular formula is C14H18N2O2. The molecule has 18 heavy (non-hydrogen) atoms. The van der Waals surface area contributed by atoms with Crippen LogP contribution in [0.4, 0.5) is 0 Å². The van der Waals surface area contributed by atoms with Crippen LogP contribution in [0.2, 0.25) is 0 Å². The summed E-state index contributed by atoms with van der Waals surface area (Å²) in [5.41, 5.74) is 0.555. The van der Waals surface area contributed by atoms with E-state index in [4.69, 9.17) is 10.00 Å². The summed E-state index contributed by atoms with van der Waals surface area (Å²) >= 11 is 0. The second-order valence-corrected chi connectivity index (χ2v) is 3.80. The van der Waals surface area contributed by atoms with Crippen LogP contribution in [0.5, 0.6) is 5.75 Å². The number of para-hydroxylation sites is 1. The normalized spacial score (nSPS) is 9.56. The van der Waals surface area contributed by atoms with E-state index in [1.807, 2.05) is 19.1 Å². The lowest BCUT2D eigenvalue weighted by atomic mass is 10.2. The molecule has 0 atom stereocenters. The van der Waals surface area contributed by atoms with Crippen molar-refractivity contribution in [1.29, 1.82) is 5.26 Å². The van der Waals surface area contributed by atoms with E-state index in [2.05, 4.69) is 11.4 Å². The fraction of sp³-hybridized carbons (Fsp3) is 0.429. The molecule has 4 nitrogen and oxygen atoms in total. The first kappa shape index (κ1) is 14.0. The Labute approximate surface area is 108 Å². The number of carbonyl (C=O) groups is 1. The second kappa shape index (κ2) is 8.13. The van der Waals surface area contributed by atoms with E-state index in [1.54, 1.807) is 12.1 Å². The lowest BCUT2D eigenvalue weighted by Crippen LogP contribution is -2.25. The summed E-state index contributed by atoms with van der Waals surface area (Å²) in [6.45, 7) is 3.00. The molecule has 0 fully saturated rings. The maximum absolute atomic E-state index is 11.9. The van der Waals surface area contributed by atoms with Crippen molar-refractivity contribution >= 4 is 5.91 Å². The van der Waals surface area contributed by atoms with Crippen molar-refractivity contribution < 1.29 is 9.53 Å². The molecule has 1 aromatic rings. The lowest BCUT2D eigenvalue weighted by molar-refractivity contribution is 0.0949. The monoisotopic (exact) mass is 246 g/mol. The Hall–Kier alpha value is -2.02. The Morgan fingerprint density at radius 3 is 2.89 bits per heavy atom. The number of ether oxygens (including phenoxy) is 1. The molecule has 0 unspecified atom stereocenters. The molecule has 4 heteroatoms. The third-order valence-electron chi connectivity index (χ3n) is 2.43. The number of nitrogens with one attached hydrogen (secondary N) is 1. The number of nitriles is 1. The first-order chi connectivity index (χ1) is 8.79. The Morgan fingerprint density at radius 1 is 1.39 bits per heavy atom. The van der Waals surface area contributed by atoms with Crippen molar-refractivity contribution in [3.05, 3.63) is 29.8 Å². The van der Waals surface area contributed by atoms with Gasteiger partial charge in [0.25, 0.3) is 5.91 Å². The highest BCUT2D eigenvalue weighted by Crippen LogP contribution is 2.17. The zero-order chi connectivity index (χ0) is 13.2. The van der Waals surface area contributed by atoms with E-state index in [-0.39, 0.29) is 5.91 Å². The summed E-state index contributed by atoms with van der Waals surface area (Å²) in [6, 6.07) is 9.27. The Balaban J connectivity index is 2.48. The van der Waals surface area contributed by atoms with Gasteiger partial charge in [-0.05, 0) is 31.9 Å². The van der Waals surface area contributed by atoms with E-state index in [9.17, 15) is 4.79 Å². The van der Waals surface area contributed by atoms with Crippen LogP contribution in [0.1, 0.15) is 36.5 Å². The van der Waals surface area contributed by atoms with Gasteiger partial charge in [-0.3, -0.25) is 4.79 Å². The van der Waals surface area contributed by atoms with Crippen molar-refractivity contribution in [2.75, 3.05) is 13.2 Å². The van der Waals surface area contributed by atoms with Crippen LogP contribution < -0.4 is 10.1 Å². The average molecular weight is 246 g/mol. The molecule has 0 heterocycles. The Kier molecular flexibility index (Phi) is 6.34. The van der Waals surface area contributed by atoms with Crippen LogP contribution in [0.25, 0.3) is 0 Å². The van der Waals surface area contributed by atoms with E-state index in [0.717, 1.165) is 12.8 Å². The van der Waals surface area contributed by atoms with Gasteiger partial charge in [-0.1, -0.05) is 12.1 Å². The highest BCUT2D eigenvalue weighted by Gasteiger charge is 2.10. The number of amides is 1. The predicted octanol–water partition coefficient (Wildman–Crippen LogP) is 2.51. The molecule has 0 aliphatic heterocycles. The van der Waals surface area contributed by atoms with Crippen molar-refractivity contribution in [2.45, 2.75) is 26.2 Å². The summed E-state index contributed by atoms with van der Waals surface area (Å²) in [5, 5.41) is 11.2. The maximum Gasteiger partial charge on any atom is 0.255 e. The Bertz CT molecular complexity index is 424. The van der Waals surface area contributed by atoms with Gasteiger partial charge >= 0.3 is 0 Å². The van der Waals surface area contributed by atoms with Crippen LogP contribution in [0.3, 0.4) is 0 Å². The molecule has 1 rings (SSSR count). The highest BCUT2D eigenvalue weighted by atomic mass is 16.5. The van der Waals surface area contributed by atoms with Crippen LogP contribution >= 0.6 is 0 Å². The molecule has 0 saturated heterocycles. The fourth-order valence-corrected chi connectivity index (χ4v) is 1.56. The van der Waals surface area contributed by atoms with Gasteiger partial charge in [0.05, 0.1) is 18.2 Å². The Morgan fingerprint density at radius 2 is 2.17 bits per heavy atom. The van der Waals surface area contributed by atoms with Crippen LogP contribution in [0.15, 0.2) is 24.3 Å². The van der Waals surface area contributed by atoms with E-state index in [0.29, 0.717) is 30.9 Å². The zero-order valence-corrected chi connectivity index (χ0v) is 10.6. The first-order valence-corrected chi connectivity index (χ1v) is 6.16. The van der Waals surface area contributed by atoms with Gasteiger partial charge in [-0.2, -0.15) is 5.26 Å². The van der Waals surface area contributed by atoms with E-state index in [1.165, 1.54) is 0 Å². The number of unbranched alkanes of at least 4 members (excludes halogenated alkanes) is 2. The average Bonchev–Trinajstić information content (AvgIpc) is 2.39. The van der Waals surface area contributed by atoms with Crippen molar-refractivity contribution in [3.63, 3.8) is 0 Å². The number of rotatable bonds is 7. The molecule has 0 saturated carbocycles. The van der Waals surface area contributed by atoms with Crippen molar-refractivity contribution in [3.8, 4) is 11.8 Å². The minimum atomic E-state index is -0.129. The number of nitrogens with zero attached hydrogens (tertiary/aromatic N) is 1. The van der Waals surface area contributed by atoms with Crippen molar-refractivity contribution in [1.82, 2.24) is 5.32 Å². The standard InChI is InChI=1S/C14H18N2O2/c1-2-18-13-9-5-4-8-12(13)14(17)16-11-7-3-6-10-15/h4-5,8-9H,2-3,6-7,11H2,1H3,(H,16,17). The molecule has 1 N–H and O–H groups in total. The highest BCUT2D eigenvalue weighted by molar-refractivity contribution is 5.96. The summed E-state index contributed by atoms with van der Waals surface area (Å²) in [6.07, 6.45) is 2.16. The number of hydrogen-bond donors (Lipinski definition) is 1. The summed E-state index contributed by atoms with van der Waals surface area (Å²) in [5.74, 6) is 0.477. The minimum Gasteiger partial charge on any atom is -0.493 e. The smallest absolute Gasteiger partial charge is 0.255 e. The predicted molar refractivity (Wildman–Crippen MR) is 69.4 cm³/mol. The van der Waals surface area contributed by atoms with Gasteiger partial charge in [0, 0.05) is 13.0 Å². The number of hydrogen-bond acceptors (Lipinski definition) is 3. The topological polar surface area (TPSA) is 62.1 Å². The summed E-state index contributed by atoms with van der Waals surface area (Å²) in [7, 11) is 0. The zero-order valence-electron chi connectivity index (χ0n) is 10.6. The molecule has 1 amide bonds. The third-order valence-corrected chi connectivity index (χ3v) is 2.43. The quantitative estimate of drug-likeness (QED) is 0.752. The summed E-state index contributed by atoms with van der Waals surface area (Å²) in [4.78, 5) is 11.9. The molecule has 1 aromatic carbocycles.